The van der Waals surface area contributed by atoms with Crippen LogP contribution in [0.2, 0.25) is 0 Å². The third-order valence-corrected chi connectivity index (χ3v) is 14.8. The highest BCUT2D eigenvalue weighted by Crippen LogP contribution is 2.48. The highest BCUT2D eigenvalue weighted by molar-refractivity contribution is 7.91. The summed E-state index contributed by atoms with van der Waals surface area (Å²) in [6.45, 7) is 11.4. The molecule has 0 bridgehead atoms. The van der Waals surface area contributed by atoms with Crippen LogP contribution in [0.15, 0.2) is 36.5 Å². The van der Waals surface area contributed by atoms with E-state index in [9.17, 15) is 27.9 Å². The van der Waals surface area contributed by atoms with Gasteiger partial charge in [0.25, 0.3) is 5.91 Å². The van der Waals surface area contributed by atoms with Crippen molar-refractivity contribution < 1.29 is 42.2 Å². The summed E-state index contributed by atoms with van der Waals surface area (Å²) in [5, 5.41) is 15.2. The Morgan fingerprint density at radius 2 is 1.91 bits per heavy atom. The molecule has 14 nitrogen and oxygen atoms in total. The summed E-state index contributed by atoms with van der Waals surface area (Å²) in [5.74, 6) is -1.60. The number of sulfonamides is 1. The summed E-state index contributed by atoms with van der Waals surface area (Å²) in [6, 6.07) is 3.47. The fourth-order valence-electron chi connectivity index (χ4n) is 8.88. The molecule has 2 aliphatic carbocycles. The number of rotatable bonds is 7. The van der Waals surface area contributed by atoms with Crippen LogP contribution in [0.1, 0.15) is 98.5 Å². The molecular weight excluding hydrogens is 739 g/mol. The lowest BCUT2D eigenvalue weighted by Gasteiger charge is -2.44. The molecule has 3 fully saturated rings. The molecule has 0 radical (unpaired) electrons. The monoisotopic (exact) mass is 793 g/mol. The van der Waals surface area contributed by atoms with Crippen LogP contribution in [0, 0.1) is 17.8 Å². The topological polar surface area (TPSA) is 185 Å². The van der Waals surface area contributed by atoms with Crippen molar-refractivity contribution in [2.45, 2.75) is 133 Å². The van der Waals surface area contributed by atoms with Gasteiger partial charge in [-0.05, 0) is 95.8 Å². The molecule has 7 atom stereocenters. The number of carbonyl (C=O) groups is 4. The van der Waals surface area contributed by atoms with Gasteiger partial charge in [-0.15, -0.1) is 0 Å². The van der Waals surface area contributed by atoms with Gasteiger partial charge >= 0.3 is 6.09 Å². The quantitative estimate of drug-likeness (QED) is 0.325. The second-order valence-electron chi connectivity index (χ2n) is 17.8. The fourth-order valence-corrected chi connectivity index (χ4v) is 10.2. The van der Waals surface area contributed by atoms with Crippen LogP contribution in [0.3, 0.4) is 0 Å². The molecular formula is C41H55N5O9S. The number of nitrogens with zero attached hydrogens (tertiary/aromatic N) is 3. The summed E-state index contributed by atoms with van der Waals surface area (Å²) in [7, 11) is -4.01. The fraction of sp³-hybridized carbons (Fsp3) is 0.634. The van der Waals surface area contributed by atoms with E-state index in [1.165, 1.54) is 9.80 Å². The molecule has 15 heteroatoms. The van der Waals surface area contributed by atoms with E-state index in [1.54, 1.807) is 33.9 Å². The van der Waals surface area contributed by atoms with Crippen LogP contribution in [-0.2, 0) is 30.8 Å². The number of amides is 4. The maximum Gasteiger partial charge on any atom is 0.408 e. The smallest absolute Gasteiger partial charge is 0.408 e. The van der Waals surface area contributed by atoms with Crippen molar-refractivity contribution in [2.24, 2.45) is 17.8 Å². The van der Waals surface area contributed by atoms with E-state index in [4.69, 9.17) is 9.47 Å². The summed E-state index contributed by atoms with van der Waals surface area (Å²) < 4.78 is 40.2. The molecule has 1 saturated heterocycles. The zero-order valence-electron chi connectivity index (χ0n) is 33.2. The Bertz CT molecular complexity index is 2060. The molecule has 5 aliphatic rings. The number of hydrogen-bond donors (Lipinski definition) is 3. The average molecular weight is 794 g/mol. The summed E-state index contributed by atoms with van der Waals surface area (Å²) in [5.41, 5.74) is -1.43. The number of pyridine rings is 1. The first-order valence-corrected chi connectivity index (χ1v) is 21.5. The van der Waals surface area contributed by atoms with Crippen molar-refractivity contribution in [3.05, 3.63) is 42.1 Å². The number of allylic oxidation sites excluding steroid dienone is 1. The minimum absolute atomic E-state index is 0.0220. The van der Waals surface area contributed by atoms with Crippen LogP contribution in [0.25, 0.3) is 10.8 Å². The lowest BCUT2D eigenvalue weighted by Crippen LogP contribution is -2.62. The van der Waals surface area contributed by atoms with Crippen LogP contribution in [0.4, 0.5) is 4.79 Å². The average Bonchev–Trinajstić information content (AvgIpc) is 3.90. The predicted molar refractivity (Wildman–Crippen MR) is 208 cm³/mol. The minimum Gasteiger partial charge on any atom is -0.492 e. The van der Waals surface area contributed by atoms with Crippen LogP contribution in [-0.4, -0.2) is 99.3 Å². The number of fused-ring (bicyclic) bond motifs is 5. The van der Waals surface area contributed by atoms with E-state index in [-0.39, 0.29) is 31.2 Å². The lowest BCUT2D eigenvalue weighted by molar-refractivity contribution is -0.146. The molecule has 0 spiro atoms. The standard InChI is InChI=1S/C41H55N5O9S/c1-7-25-20-24(2)10-8-9-11-27-22-41(27,37(49)44-56(52,53)40(6)16-17-40)43-34(47)31-21-28(23-45(31)36(48)32(25)46(38(50)51)39(3,4)5)55-35-30-13-12-26-15-19-54-33(26)29(30)14-18-42-35/h9,11-14,18,24-25,27-28,31-32H,7-8,10,15-17,19-23H2,1-6H3,(H,43,47)(H,44,49)(H,50,51)/b11-9-/t24-,25+,27+,28+,31-,32-,41+/m0/s1. The van der Waals surface area contributed by atoms with E-state index in [2.05, 4.69) is 21.9 Å². The molecule has 2 aromatic rings. The Morgan fingerprint density at radius 1 is 1.16 bits per heavy atom. The number of ether oxygens (including phenoxy) is 2. The van der Waals surface area contributed by atoms with Crippen molar-refractivity contribution >= 4 is 44.6 Å². The van der Waals surface area contributed by atoms with Gasteiger partial charge in [0.1, 0.15) is 29.5 Å². The van der Waals surface area contributed by atoms with E-state index in [0.29, 0.717) is 50.0 Å². The molecule has 3 aliphatic heterocycles. The molecule has 4 heterocycles. The molecule has 4 amide bonds. The molecule has 2 saturated carbocycles. The SMILES string of the molecule is CC[C@@H]1C[C@@H](C)CC/C=C\[C@@H]2C[C@@]2(C(=O)NS(=O)(=O)C2(C)CC2)NC(=O)[C@@H]2C[C@@H](Oc3nccc4c5c(ccc34)CCO5)CN2C(=O)[C@H]1N(C(=O)O)C(C)(C)C. The maximum atomic E-state index is 15.2. The molecule has 56 heavy (non-hydrogen) atoms. The van der Waals surface area contributed by atoms with Crippen LogP contribution >= 0.6 is 0 Å². The Morgan fingerprint density at radius 3 is 2.59 bits per heavy atom. The van der Waals surface area contributed by atoms with Gasteiger partial charge in [0.2, 0.25) is 27.7 Å². The van der Waals surface area contributed by atoms with E-state index >= 15 is 4.79 Å². The first-order chi connectivity index (χ1) is 26.4. The van der Waals surface area contributed by atoms with Gasteiger partial charge in [-0.3, -0.25) is 24.0 Å². The van der Waals surface area contributed by atoms with Crippen LogP contribution in [0.5, 0.6) is 11.6 Å². The van der Waals surface area contributed by atoms with Crippen molar-refractivity contribution in [3.8, 4) is 11.6 Å². The third-order valence-electron chi connectivity index (χ3n) is 12.6. The van der Waals surface area contributed by atoms with Gasteiger partial charge < -0.3 is 24.8 Å². The van der Waals surface area contributed by atoms with Crippen molar-refractivity contribution in [1.29, 1.82) is 0 Å². The Labute approximate surface area is 328 Å². The van der Waals surface area contributed by atoms with E-state index in [1.807, 2.05) is 37.3 Å². The maximum absolute atomic E-state index is 15.2. The van der Waals surface area contributed by atoms with Crippen molar-refractivity contribution in [1.82, 2.24) is 24.8 Å². The summed E-state index contributed by atoms with van der Waals surface area (Å²) >= 11 is 0. The first kappa shape index (κ1) is 39.8. The van der Waals surface area contributed by atoms with Gasteiger partial charge in [-0.1, -0.05) is 38.5 Å². The molecule has 304 valence electrons. The number of benzene rings is 1. The Kier molecular flexibility index (Phi) is 10.3. The molecule has 0 unspecified atom stereocenters. The molecule has 1 aromatic carbocycles. The highest BCUT2D eigenvalue weighted by atomic mass is 32.2. The second kappa shape index (κ2) is 14.5. The Hall–Kier alpha value is -4.40. The number of aromatic nitrogens is 1. The van der Waals surface area contributed by atoms with Crippen LogP contribution < -0.4 is 19.5 Å². The predicted octanol–water partition coefficient (Wildman–Crippen LogP) is 4.94. The molecule has 7 rings (SSSR count). The Balaban J connectivity index is 1.28. The van der Waals surface area contributed by atoms with Gasteiger partial charge in [-0.2, -0.15) is 0 Å². The van der Waals surface area contributed by atoms with E-state index in [0.717, 1.165) is 29.5 Å². The zero-order valence-corrected chi connectivity index (χ0v) is 34.0. The summed E-state index contributed by atoms with van der Waals surface area (Å²) in [4.78, 5) is 64.1. The van der Waals surface area contributed by atoms with Crippen molar-refractivity contribution in [2.75, 3.05) is 13.2 Å². The van der Waals surface area contributed by atoms with Gasteiger partial charge in [-0.25, -0.2) is 18.2 Å². The first-order valence-electron chi connectivity index (χ1n) is 20.0. The highest BCUT2D eigenvalue weighted by Gasteiger charge is 2.63. The summed E-state index contributed by atoms with van der Waals surface area (Å²) in [6.07, 6.45) is 7.85. The van der Waals surface area contributed by atoms with Gasteiger partial charge in [0.15, 0.2) is 0 Å². The number of hydrogen-bond acceptors (Lipinski definition) is 9. The number of nitrogens with one attached hydrogen (secondary N) is 2. The molecule has 3 N–H and O–H groups in total. The normalized spacial score (nSPS) is 30.7. The molecule has 1 aromatic heterocycles. The lowest BCUT2D eigenvalue weighted by atomic mass is 9.82. The number of carboxylic acid groups (broad SMARTS) is 1. The number of carbonyl (C=O) groups excluding carboxylic acids is 3. The van der Waals surface area contributed by atoms with Gasteiger partial charge in [0.05, 0.1) is 17.9 Å². The third kappa shape index (κ3) is 7.31. The minimum atomic E-state index is -4.01. The zero-order chi connectivity index (χ0) is 40.4. The second-order valence-corrected chi connectivity index (χ2v) is 20.0. The van der Waals surface area contributed by atoms with E-state index < -0.39 is 73.8 Å². The van der Waals surface area contributed by atoms with Crippen molar-refractivity contribution in [3.63, 3.8) is 0 Å². The largest absolute Gasteiger partial charge is 0.492 e. The van der Waals surface area contributed by atoms with Gasteiger partial charge in [0, 0.05) is 41.3 Å².